The summed E-state index contributed by atoms with van der Waals surface area (Å²) in [5.74, 6) is -1.38. The van der Waals surface area contributed by atoms with E-state index in [9.17, 15) is 14.4 Å². The standard InChI is InChI=1S/C26H30N2O6/c1-33-23(25(31)28-22-12-6-7-16(22)13-24(29)30)14-27-26(32)34-15-21-19-10-4-2-8-17(19)18-9-3-5-11-20(18)21/h2-5,8-11,16,21-23H,6-7,12-15H2,1H3,(H,27,32)(H,28,31)(H,29,30). The Labute approximate surface area is 198 Å². The smallest absolute Gasteiger partial charge is 0.407 e. The summed E-state index contributed by atoms with van der Waals surface area (Å²) in [6.07, 6.45) is 0.888. The van der Waals surface area contributed by atoms with Crippen LogP contribution in [0.4, 0.5) is 4.79 Å². The van der Waals surface area contributed by atoms with Gasteiger partial charge in [0.05, 0.1) is 13.0 Å². The van der Waals surface area contributed by atoms with E-state index in [1.165, 1.54) is 7.11 Å². The van der Waals surface area contributed by atoms with Crippen molar-refractivity contribution in [3.05, 3.63) is 59.7 Å². The number of carboxylic acids is 1. The fraction of sp³-hybridized carbons (Fsp3) is 0.423. The van der Waals surface area contributed by atoms with E-state index in [1.54, 1.807) is 0 Å². The lowest BCUT2D eigenvalue weighted by Gasteiger charge is -2.23. The van der Waals surface area contributed by atoms with E-state index in [1.807, 2.05) is 36.4 Å². The molecule has 3 N–H and O–H groups in total. The lowest BCUT2D eigenvalue weighted by molar-refractivity contribution is -0.139. The Morgan fingerprint density at radius 2 is 1.68 bits per heavy atom. The summed E-state index contributed by atoms with van der Waals surface area (Å²) in [5.41, 5.74) is 4.55. The molecular formula is C26H30N2O6. The first-order valence-corrected chi connectivity index (χ1v) is 11.6. The Morgan fingerprint density at radius 1 is 1.03 bits per heavy atom. The number of rotatable bonds is 9. The van der Waals surface area contributed by atoms with E-state index in [0.29, 0.717) is 0 Å². The molecule has 34 heavy (non-hydrogen) atoms. The minimum atomic E-state index is -0.897. The number of methoxy groups -OCH3 is 1. The SMILES string of the molecule is COC(CNC(=O)OCC1c2ccccc2-c2ccccc21)C(=O)NC1CCCC1CC(=O)O. The highest BCUT2D eigenvalue weighted by Gasteiger charge is 2.32. The quantitative estimate of drug-likeness (QED) is 0.523. The minimum Gasteiger partial charge on any atom is -0.481 e. The summed E-state index contributed by atoms with van der Waals surface area (Å²) in [5, 5.41) is 14.6. The third-order valence-electron chi connectivity index (χ3n) is 6.78. The topological polar surface area (TPSA) is 114 Å². The maximum Gasteiger partial charge on any atom is 0.407 e. The van der Waals surface area contributed by atoms with Gasteiger partial charge in [-0.2, -0.15) is 0 Å². The van der Waals surface area contributed by atoms with Crippen molar-refractivity contribution < 1.29 is 29.0 Å². The highest BCUT2D eigenvalue weighted by Crippen LogP contribution is 2.44. The maximum atomic E-state index is 12.6. The van der Waals surface area contributed by atoms with Gasteiger partial charge in [0.25, 0.3) is 5.91 Å². The normalized spacial score (nSPS) is 19.7. The first-order valence-electron chi connectivity index (χ1n) is 11.6. The van der Waals surface area contributed by atoms with Gasteiger partial charge >= 0.3 is 12.1 Å². The van der Waals surface area contributed by atoms with Crippen molar-refractivity contribution in [1.29, 1.82) is 0 Å². The second-order valence-corrected chi connectivity index (χ2v) is 8.83. The molecule has 1 fully saturated rings. The molecule has 0 spiro atoms. The molecule has 0 saturated heterocycles. The van der Waals surface area contributed by atoms with E-state index < -0.39 is 18.2 Å². The predicted octanol–water partition coefficient (Wildman–Crippen LogP) is 3.30. The number of nitrogens with one attached hydrogen (secondary N) is 2. The third-order valence-corrected chi connectivity index (χ3v) is 6.78. The van der Waals surface area contributed by atoms with Crippen LogP contribution in [0.5, 0.6) is 0 Å². The van der Waals surface area contributed by atoms with Gasteiger partial charge in [0, 0.05) is 19.1 Å². The molecule has 0 aromatic heterocycles. The minimum absolute atomic E-state index is 0.0284. The van der Waals surface area contributed by atoms with Gasteiger partial charge in [-0.25, -0.2) is 4.79 Å². The molecule has 4 rings (SSSR count). The summed E-state index contributed by atoms with van der Waals surface area (Å²) in [6.45, 7) is 0.137. The molecule has 2 aliphatic carbocycles. The molecule has 8 heteroatoms. The fourth-order valence-corrected chi connectivity index (χ4v) is 5.08. The Kier molecular flexibility index (Phi) is 7.47. The number of hydrogen-bond donors (Lipinski definition) is 3. The van der Waals surface area contributed by atoms with E-state index in [-0.39, 0.29) is 43.4 Å². The van der Waals surface area contributed by atoms with Crippen LogP contribution in [0.15, 0.2) is 48.5 Å². The van der Waals surface area contributed by atoms with Crippen molar-refractivity contribution in [1.82, 2.24) is 10.6 Å². The lowest BCUT2D eigenvalue weighted by atomic mass is 9.98. The number of fused-ring (bicyclic) bond motifs is 3. The molecule has 1 saturated carbocycles. The van der Waals surface area contributed by atoms with Crippen LogP contribution in [0.3, 0.4) is 0 Å². The van der Waals surface area contributed by atoms with Crippen molar-refractivity contribution >= 4 is 18.0 Å². The van der Waals surface area contributed by atoms with E-state index in [0.717, 1.165) is 41.5 Å². The Morgan fingerprint density at radius 3 is 2.29 bits per heavy atom. The van der Waals surface area contributed by atoms with Gasteiger partial charge in [0.2, 0.25) is 0 Å². The van der Waals surface area contributed by atoms with Crippen molar-refractivity contribution in [3.63, 3.8) is 0 Å². The Bertz CT molecular complexity index is 1010. The Hall–Kier alpha value is -3.39. The number of aliphatic carboxylic acids is 1. The lowest BCUT2D eigenvalue weighted by Crippen LogP contribution is -2.48. The van der Waals surface area contributed by atoms with Crippen LogP contribution < -0.4 is 10.6 Å². The molecule has 2 aromatic carbocycles. The van der Waals surface area contributed by atoms with Gasteiger partial charge < -0.3 is 25.2 Å². The Balaban J connectivity index is 1.29. The first kappa shape index (κ1) is 23.8. The molecule has 2 aromatic rings. The predicted molar refractivity (Wildman–Crippen MR) is 125 cm³/mol. The second-order valence-electron chi connectivity index (χ2n) is 8.83. The number of carbonyl (C=O) groups is 3. The average molecular weight is 467 g/mol. The molecule has 180 valence electrons. The second kappa shape index (κ2) is 10.7. The summed E-state index contributed by atoms with van der Waals surface area (Å²) < 4.78 is 10.8. The fourth-order valence-electron chi connectivity index (χ4n) is 5.08. The summed E-state index contributed by atoms with van der Waals surface area (Å²) >= 11 is 0. The van der Waals surface area contributed by atoms with Gasteiger partial charge in [-0.05, 0) is 41.0 Å². The van der Waals surface area contributed by atoms with E-state index >= 15 is 0 Å². The van der Waals surface area contributed by atoms with Crippen LogP contribution in [0.1, 0.15) is 42.7 Å². The molecule has 0 aliphatic heterocycles. The van der Waals surface area contributed by atoms with Crippen LogP contribution in [-0.2, 0) is 19.1 Å². The zero-order valence-electron chi connectivity index (χ0n) is 19.2. The van der Waals surface area contributed by atoms with Crippen molar-refractivity contribution in [2.24, 2.45) is 5.92 Å². The number of carboxylic acid groups (broad SMARTS) is 1. The molecule has 2 amide bonds. The van der Waals surface area contributed by atoms with Gasteiger partial charge in [-0.15, -0.1) is 0 Å². The third kappa shape index (κ3) is 5.22. The van der Waals surface area contributed by atoms with Crippen LogP contribution in [0.25, 0.3) is 11.1 Å². The number of benzene rings is 2. The molecule has 0 bridgehead atoms. The molecular weight excluding hydrogens is 436 g/mol. The summed E-state index contributed by atoms with van der Waals surface area (Å²) in [4.78, 5) is 36.1. The van der Waals surface area contributed by atoms with Gasteiger partial charge in [0.15, 0.2) is 6.10 Å². The van der Waals surface area contributed by atoms with Crippen molar-refractivity contribution in [2.75, 3.05) is 20.3 Å². The van der Waals surface area contributed by atoms with Gasteiger partial charge in [-0.1, -0.05) is 55.0 Å². The van der Waals surface area contributed by atoms with Crippen molar-refractivity contribution in [2.45, 2.75) is 43.7 Å². The van der Waals surface area contributed by atoms with Gasteiger partial charge in [0.1, 0.15) is 6.61 Å². The first-order chi connectivity index (χ1) is 16.5. The van der Waals surface area contributed by atoms with Crippen LogP contribution in [-0.4, -0.2) is 55.5 Å². The molecule has 3 atom stereocenters. The highest BCUT2D eigenvalue weighted by molar-refractivity contribution is 5.82. The molecule has 0 heterocycles. The van der Waals surface area contributed by atoms with E-state index in [4.69, 9.17) is 14.6 Å². The molecule has 2 aliphatic rings. The molecule has 8 nitrogen and oxygen atoms in total. The van der Waals surface area contributed by atoms with E-state index in [2.05, 4.69) is 22.8 Å². The van der Waals surface area contributed by atoms with Crippen molar-refractivity contribution in [3.8, 4) is 11.1 Å². The number of alkyl carbamates (subject to hydrolysis) is 1. The largest absolute Gasteiger partial charge is 0.481 e. The van der Waals surface area contributed by atoms with Crippen LogP contribution >= 0.6 is 0 Å². The van der Waals surface area contributed by atoms with Crippen LogP contribution in [0.2, 0.25) is 0 Å². The summed E-state index contributed by atoms with van der Waals surface area (Å²) in [7, 11) is 1.40. The van der Waals surface area contributed by atoms with Gasteiger partial charge in [-0.3, -0.25) is 9.59 Å². The monoisotopic (exact) mass is 466 g/mol. The number of amides is 2. The number of carbonyl (C=O) groups excluding carboxylic acids is 2. The zero-order valence-corrected chi connectivity index (χ0v) is 19.2. The summed E-state index contributed by atoms with van der Waals surface area (Å²) in [6, 6.07) is 16.0. The molecule has 0 radical (unpaired) electrons. The van der Waals surface area contributed by atoms with Crippen LogP contribution in [0, 0.1) is 5.92 Å². The maximum absolute atomic E-state index is 12.6. The highest BCUT2D eigenvalue weighted by atomic mass is 16.5. The number of hydrogen-bond acceptors (Lipinski definition) is 5. The number of ether oxygens (including phenoxy) is 2. The zero-order chi connectivity index (χ0) is 24.1. The average Bonchev–Trinajstić information content (AvgIpc) is 3.39. The molecule has 3 unspecified atom stereocenters.